The Morgan fingerprint density at radius 1 is 0.562 bits per heavy atom. The summed E-state index contributed by atoms with van der Waals surface area (Å²) in [6.45, 7) is 0. The molecule has 0 aromatic rings. The minimum Gasteiger partial charge on any atom is -0.290 e. The van der Waals surface area contributed by atoms with Crippen molar-refractivity contribution in [1.82, 2.24) is 9.80 Å². The van der Waals surface area contributed by atoms with Gasteiger partial charge in [0.1, 0.15) is 0 Å². The summed E-state index contributed by atoms with van der Waals surface area (Å²) in [7, 11) is 4.46. The number of fused-ring (bicyclic) bond motifs is 6. The number of piperazine rings is 1. The molecule has 2 heteroatoms. The molecule has 1 saturated heterocycles. The molecule has 84 valence electrons. The Balaban J connectivity index is 2.09. The van der Waals surface area contributed by atoms with Gasteiger partial charge in [-0.3, -0.25) is 9.80 Å². The first-order chi connectivity index (χ1) is 7.79. The molecule has 3 aliphatic heterocycles. The standard InChI is InChI=1S/C14H18N2/c1-15-11-7-3-4-8-12(15)14-10-6-5-9-13(11)16(14)2/h3-14H,1-2H3/t11-,12-,13+,14+. The number of allylic oxidation sites excluding steroid dienone is 4. The second-order valence-corrected chi connectivity index (χ2v) is 4.83. The molecule has 2 nitrogen and oxygen atoms in total. The molecular weight excluding hydrogens is 196 g/mol. The van der Waals surface area contributed by atoms with Gasteiger partial charge in [0.25, 0.3) is 0 Å². The molecule has 0 saturated carbocycles. The Bertz CT molecular complexity index is 318. The van der Waals surface area contributed by atoms with Crippen LogP contribution in [0.5, 0.6) is 0 Å². The minimum atomic E-state index is 0.484. The molecule has 0 spiro atoms. The second-order valence-electron chi connectivity index (χ2n) is 4.83. The van der Waals surface area contributed by atoms with Gasteiger partial charge in [-0.15, -0.1) is 0 Å². The van der Waals surface area contributed by atoms with Gasteiger partial charge in [-0.1, -0.05) is 48.6 Å². The third kappa shape index (κ3) is 1.34. The zero-order valence-corrected chi connectivity index (χ0v) is 9.82. The molecule has 3 heterocycles. The zero-order chi connectivity index (χ0) is 11.1. The van der Waals surface area contributed by atoms with Crippen molar-refractivity contribution in [2.24, 2.45) is 0 Å². The van der Waals surface area contributed by atoms with E-state index in [0.717, 1.165) is 0 Å². The lowest BCUT2D eigenvalue weighted by Gasteiger charge is -2.50. The van der Waals surface area contributed by atoms with E-state index in [4.69, 9.17) is 0 Å². The molecule has 4 bridgehead atoms. The molecular formula is C14H18N2. The van der Waals surface area contributed by atoms with Gasteiger partial charge in [0.15, 0.2) is 0 Å². The van der Waals surface area contributed by atoms with Gasteiger partial charge in [0, 0.05) is 24.2 Å². The predicted molar refractivity (Wildman–Crippen MR) is 67.2 cm³/mol. The average Bonchev–Trinajstić information content (AvgIpc) is 2.48. The zero-order valence-electron chi connectivity index (χ0n) is 9.82. The normalized spacial score (nSPS) is 42.1. The van der Waals surface area contributed by atoms with Crippen molar-refractivity contribution < 1.29 is 0 Å². The molecule has 0 unspecified atom stereocenters. The van der Waals surface area contributed by atoms with E-state index in [1.807, 2.05) is 0 Å². The molecule has 0 aromatic heterocycles. The van der Waals surface area contributed by atoms with Gasteiger partial charge in [0.2, 0.25) is 0 Å². The Hall–Kier alpha value is -1.12. The largest absolute Gasteiger partial charge is 0.290 e. The van der Waals surface area contributed by atoms with Crippen LogP contribution in [0.15, 0.2) is 48.6 Å². The lowest BCUT2D eigenvalue weighted by atomic mass is 9.93. The number of rotatable bonds is 0. The van der Waals surface area contributed by atoms with Crippen LogP contribution in [0.3, 0.4) is 0 Å². The van der Waals surface area contributed by atoms with Crippen molar-refractivity contribution in [3.8, 4) is 0 Å². The molecule has 16 heavy (non-hydrogen) atoms. The first kappa shape index (κ1) is 10.1. The van der Waals surface area contributed by atoms with Crippen LogP contribution in [0.4, 0.5) is 0 Å². The summed E-state index contributed by atoms with van der Waals surface area (Å²) in [5.41, 5.74) is 0. The van der Waals surface area contributed by atoms with Crippen LogP contribution in [-0.2, 0) is 0 Å². The van der Waals surface area contributed by atoms with Crippen LogP contribution in [0.25, 0.3) is 0 Å². The Labute approximate surface area is 97.2 Å². The number of likely N-dealkylation sites (N-methyl/N-ethyl adjacent to an activating group) is 2. The first-order valence-corrected chi connectivity index (χ1v) is 5.93. The summed E-state index contributed by atoms with van der Waals surface area (Å²) in [4.78, 5) is 4.96. The molecule has 1 fully saturated rings. The van der Waals surface area contributed by atoms with Gasteiger partial charge in [0.05, 0.1) is 0 Å². The Morgan fingerprint density at radius 3 is 1.06 bits per heavy atom. The first-order valence-electron chi connectivity index (χ1n) is 5.93. The van der Waals surface area contributed by atoms with Gasteiger partial charge in [-0.05, 0) is 14.1 Å². The van der Waals surface area contributed by atoms with E-state index < -0.39 is 0 Å². The minimum absolute atomic E-state index is 0.484. The number of hydrogen-bond donors (Lipinski definition) is 0. The van der Waals surface area contributed by atoms with Gasteiger partial charge in [-0.25, -0.2) is 0 Å². The van der Waals surface area contributed by atoms with Gasteiger partial charge < -0.3 is 0 Å². The fourth-order valence-electron chi connectivity index (χ4n) is 3.07. The van der Waals surface area contributed by atoms with Crippen LogP contribution in [0, 0.1) is 0 Å². The highest BCUT2D eigenvalue weighted by atomic mass is 15.3. The monoisotopic (exact) mass is 214 g/mol. The van der Waals surface area contributed by atoms with Crippen molar-refractivity contribution in [2.75, 3.05) is 14.1 Å². The summed E-state index contributed by atoms with van der Waals surface area (Å²) in [6, 6.07) is 1.93. The summed E-state index contributed by atoms with van der Waals surface area (Å²) in [5.74, 6) is 0. The van der Waals surface area contributed by atoms with Crippen molar-refractivity contribution in [3.63, 3.8) is 0 Å². The fraction of sp³-hybridized carbons (Fsp3) is 0.429. The SMILES string of the molecule is CN1[C@@H]2C=CC=C[C@@H]1[C@@H]1C=CC=C[C@@H]2N1C. The maximum Gasteiger partial charge on any atom is 0.0476 e. The number of nitrogens with zero attached hydrogens (tertiary/aromatic N) is 2. The lowest BCUT2D eigenvalue weighted by molar-refractivity contribution is 0.0392. The van der Waals surface area contributed by atoms with E-state index in [0.29, 0.717) is 24.2 Å². The fourth-order valence-corrected chi connectivity index (χ4v) is 3.07. The smallest absolute Gasteiger partial charge is 0.0476 e. The predicted octanol–water partition coefficient (Wildman–Crippen LogP) is 1.59. The summed E-state index contributed by atoms with van der Waals surface area (Å²) >= 11 is 0. The maximum atomic E-state index is 2.48. The summed E-state index contributed by atoms with van der Waals surface area (Å²) in [6.07, 6.45) is 18.0. The van der Waals surface area contributed by atoms with Crippen LogP contribution >= 0.6 is 0 Å². The third-order valence-electron chi connectivity index (χ3n) is 4.04. The highest BCUT2D eigenvalue weighted by molar-refractivity contribution is 5.29. The lowest BCUT2D eigenvalue weighted by Crippen LogP contribution is -2.63. The highest BCUT2D eigenvalue weighted by Gasteiger charge is 2.41. The molecule has 0 amide bonds. The molecule has 0 aliphatic carbocycles. The van der Waals surface area contributed by atoms with Crippen molar-refractivity contribution in [2.45, 2.75) is 24.2 Å². The quantitative estimate of drug-likeness (QED) is 0.604. The molecule has 4 atom stereocenters. The van der Waals surface area contributed by atoms with Crippen molar-refractivity contribution >= 4 is 0 Å². The van der Waals surface area contributed by atoms with E-state index in [9.17, 15) is 0 Å². The second kappa shape index (κ2) is 3.72. The Morgan fingerprint density at radius 2 is 0.812 bits per heavy atom. The van der Waals surface area contributed by atoms with E-state index in [2.05, 4.69) is 72.5 Å². The molecule has 0 N–H and O–H groups in total. The molecule has 0 radical (unpaired) electrons. The summed E-state index contributed by atoms with van der Waals surface area (Å²) < 4.78 is 0. The van der Waals surface area contributed by atoms with Crippen LogP contribution in [0.1, 0.15) is 0 Å². The van der Waals surface area contributed by atoms with Crippen LogP contribution < -0.4 is 0 Å². The van der Waals surface area contributed by atoms with Gasteiger partial charge >= 0.3 is 0 Å². The Kier molecular flexibility index (Phi) is 2.34. The molecule has 3 rings (SSSR count). The van der Waals surface area contributed by atoms with Crippen LogP contribution in [-0.4, -0.2) is 48.1 Å². The van der Waals surface area contributed by atoms with E-state index in [1.54, 1.807) is 0 Å². The maximum absolute atomic E-state index is 2.48. The third-order valence-corrected chi connectivity index (χ3v) is 4.04. The van der Waals surface area contributed by atoms with Gasteiger partial charge in [-0.2, -0.15) is 0 Å². The van der Waals surface area contributed by atoms with E-state index in [1.165, 1.54) is 0 Å². The van der Waals surface area contributed by atoms with E-state index in [-0.39, 0.29) is 0 Å². The molecule has 3 aliphatic rings. The topological polar surface area (TPSA) is 6.48 Å². The van der Waals surface area contributed by atoms with Crippen LogP contribution in [0.2, 0.25) is 0 Å². The highest BCUT2D eigenvalue weighted by Crippen LogP contribution is 2.30. The van der Waals surface area contributed by atoms with Crippen molar-refractivity contribution in [1.29, 1.82) is 0 Å². The van der Waals surface area contributed by atoms with Crippen molar-refractivity contribution in [3.05, 3.63) is 48.6 Å². The summed E-state index contributed by atoms with van der Waals surface area (Å²) in [5, 5.41) is 0. The average molecular weight is 214 g/mol. The molecule has 0 aromatic carbocycles. The van der Waals surface area contributed by atoms with E-state index >= 15 is 0 Å². The number of hydrogen-bond acceptors (Lipinski definition) is 2.